The average Bonchev–Trinajstić information content (AvgIpc) is 3.20. The molecule has 0 spiro atoms. The van der Waals surface area contributed by atoms with Crippen LogP contribution in [0.3, 0.4) is 0 Å². The zero-order valence-corrected chi connectivity index (χ0v) is 14.1. The monoisotopic (exact) mass is 352 g/mol. The number of nitrogens with one attached hydrogen (secondary N) is 1. The molecule has 0 saturated heterocycles. The molecule has 0 bridgehead atoms. The van der Waals surface area contributed by atoms with E-state index in [1.54, 1.807) is 28.9 Å². The zero-order valence-electron chi connectivity index (χ0n) is 11.6. The summed E-state index contributed by atoms with van der Waals surface area (Å²) in [5.74, 6) is 0.896. The molecular formula is C14H13ClN4OS2. The molecule has 0 aromatic carbocycles. The van der Waals surface area contributed by atoms with E-state index in [0.29, 0.717) is 6.54 Å². The Labute approximate surface area is 141 Å². The van der Waals surface area contributed by atoms with Crippen molar-refractivity contribution in [3.8, 4) is 11.4 Å². The lowest BCUT2D eigenvalue weighted by Crippen LogP contribution is -1.97. The van der Waals surface area contributed by atoms with Crippen LogP contribution in [0.4, 0.5) is 5.13 Å². The fourth-order valence-electron chi connectivity index (χ4n) is 2.24. The summed E-state index contributed by atoms with van der Waals surface area (Å²) in [6.45, 7) is 2.66. The van der Waals surface area contributed by atoms with Gasteiger partial charge in [0.25, 0.3) is 0 Å². The van der Waals surface area contributed by atoms with Gasteiger partial charge in [-0.05, 0) is 19.1 Å². The second kappa shape index (κ2) is 6.12. The molecule has 0 unspecified atom stereocenters. The van der Waals surface area contributed by atoms with Gasteiger partial charge in [-0.2, -0.15) is 0 Å². The molecule has 0 aliphatic carbocycles. The molecule has 8 heteroatoms. The lowest BCUT2D eigenvalue weighted by Gasteiger charge is -1.99. The number of aryl methyl sites for hydroxylation is 1. The van der Waals surface area contributed by atoms with Gasteiger partial charge in [-0.3, -0.25) is 4.40 Å². The molecule has 5 nitrogen and oxygen atoms in total. The van der Waals surface area contributed by atoms with Crippen LogP contribution in [0.5, 0.6) is 0 Å². The van der Waals surface area contributed by atoms with Crippen molar-refractivity contribution in [3.63, 3.8) is 0 Å². The van der Waals surface area contributed by atoms with Crippen molar-refractivity contribution in [2.24, 2.45) is 0 Å². The van der Waals surface area contributed by atoms with Gasteiger partial charge in [0, 0.05) is 17.0 Å². The van der Waals surface area contributed by atoms with Crippen LogP contribution in [0.2, 0.25) is 0 Å². The lowest BCUT2D eigenvalue weighted by atomic mass is 10.3. The summed E-state index contributed by atoms with van der Waals surface area (Å²) in [5.41, 5.74) is 3.02. The second-order valence-corrected chi connectivity index (χ2v) is 6.30. The molecule has 0 radical (unpaired) electrons. The minimum absolute atomic E-state index is 0. The first-order valence-corrected chi connectivity index (χ1v) is 8.21. The first kappa shape index (κ1) is 15.1. The molecule has 22 heavy (non-hydrogen) atoms. The van der Waals surface area contributed by atoms with E-state index >= 15 is 0 Å². The molecule has 1 N–H and O–H groups in total. The van der Waals surface area contributed by atoms with Gasteiger partial charge in [-0.25, -0.2) is 9.97 Å². The maximum absolute atomic E-state index is 5.30. The molecule has 0 aliphatic rings. The predicted octanol–water partition coefficient (Wildman–Crippen LogP) is 4.45. The molecule has 0 fully saturated rings. The van der Waals surface area contributed by atoms with Crippen molar-refractivity contribution in [2.75, 3.05) is 5.32 Å². The zero-order chi connectivity index (χ0) is 14.2. The Morgan fingerprint density at radius 1 is 1.32 bits per heavy atom. The number of thiazole rings is 2. The SMILES string of the molecule is Cc1nc2sccn2c1-c1csc(NCc2ccco2)n1.Cl. The van der Waals surface area contributed by atoms with E-state index in [2.05, 4.69) is 25.1 Å². The molecule has 0 saturated carbocycles. The summed E-state index contributed by atoms with van der Waals surface area (Å²) >= 11 is 3.22. The van der Waals surface area contributed by atoms with E-state index in [4.69, 9.17) is 4.42 Å². The Balaban J connectivity index is 0.00000144. The molecular weight excluding hydrogens is 340 g/mol. The van der Waals surface area contributed by atoms with Crippen molar-refractivity contribution in [2.45, 2.75) is 13.5 Å². The quantitative estimate of drug-likeness (QED) is 0.589. The van der Waals surface area contributed by atoms with Gasteiger partial charge in [-0.15, -0.1) is 35.1 Å². The Hall–Kier alpha value is -1.83. The topological polar surface area (TPSA) is 55.4 Å². The molecule has 4 aromatic rings. The first-order valence-electron chi connectivity index (χ1n) is 6.45. The number of furan rings is 1. The summed E-state index contributed by atoms with van der Waals surface area (Å²) < 4.78 is 7.39. The van der Waals surface area contributed by atoms with Crippen LogP contribution in [0.15, 0.2) is 39.8 Å². The lowest BCUT2D eigenvalue weighted by molar-refractivity contribution is 0.518. The molecule has 4 aromatic heterocycles. The van der Waals surface area contributed by atoms with E-state index in [-0.39, 0.29) is 12.4 Å². The van der Waals surface area contributed by atoms with Gasteiger partial charge < -0.3 is 9.73 Å². The number of halogens is 1. The normalized spacial score (nSPS) is 10.8. The van der Waals surface area contributed by atoms with Gasteiger partial charge in [0.1, 0.15) is 11.5 Å². The number of rotatable bonds is 4. The van der Waals surface area contributed by atoms with Gasteiger partial charge in [0.15, 0.2) is 10.1 Å². The molecule has 114 valence electrons. The Morgan fingerprint density at radius 2 is 2.23 bits per heavy atom. The van der Waals surface area contributed by atoms with E-state index in [1.165, 1.54) is 0 Å². The average molecular weight is 353 g/mol. The van der Waals surface area contributed by atoms with Crippen LogP contribution in [-0.4, -0.2) is 14.4 Å². The smallest absolute Gasteiger partial charge is 0.194 e. The first-order chi connectivity index (χ1) is 10.3. The van der Waals surface area contributed by atoms with Gasteiger partial charge in [0.2, 0.25) is 0 Å². The fraction of sp³-hybridized carbons (Fsp3) is 0.143. The van der Waals surface area contributed by atoms with E-state index in [0.717, 1.165) is 32.9 Å². The van der Waals surface area contributed by atoms with Gasteiger partial charge in [0.05, 0.1) is 24.2 Å². The molecule has 4 heterocycles. The highest BCUT2D eigenvalue weighted by molar-refractivity contribution is 7.15. The summed E-state index contributed by atoms with van der Waals surface area (Å²) in [7, 11) is 0. The number of imidazole rings is 1. The number of anilines is 1. The molecule has 0 amide bonds. The Kier molecular flexibility index (Phi) is 4.19. The summed E-state index contributed by atoms with van der Waals surface area (Å²) in [5, 5.41) is 8.25. The third-order valence-corrected chi connectivity index (χ3v) is 4.73. The maximum Gasteiger partial charge on any atom is 0.194 e. The van der Waals surface area contributed by atoms with Crippen LogP contribution >= 0.6 is 35.1 Å². The van der Waals surface area contributed by atoms with Crippen molar-refractivity contribution >= 4 is 45.2 Å². The number of nitrogens with zero attached hydrogens (tertiary/aromatic N) is 3. The number of hydrogen-bond donors (Lipinski definition) is 1. The van der Waals surface area contributed by atoms with E-state index in [9.17, 15) is 0 Å². The minimum atomic E-state index is 0. The number of aromatic nitrogens is 3. The van der Waals surface area contributed by atoms with Gasteiger partial charge >= 0.3 is 0 Å². The van der Waals surface area contributed by atoms with Crippen molar-refractivity contribution in [1.82, 2.24) is 14.4 Å². The summed E-state index contributed by atoms with van der Waals surface area (Å²) in [6, 6.07) is 3.82. The van der Waals surface area contributed by atoms with Crippen LogP contribution in [0.25, 0.3) is 16.3 Å². The third kappa shape index (κ3) is 2.63. The van der Waals surface area contributed by atoms with Crippen molar-refractivity contribution < 1.29 is 4.42 Å². The van der Waals surface area contributed by atoms with Crippen LogP contribution in [0, 0.1) is 6.92 Å². The fourth-order valence-corrected chi connectivity index (χ4v) is 3.70. The summed E-state index contributed by atoms with van der Waals surface area (Å²) in [6.07, 6.45) is 3.71. The second-order valence-electron chi connectivity index (χ2n) is 4.57. The largest absolute Gasteiger partial charge is 0.467 e. The third-order valence-electron chi connectivity index (χ3n) is 3.18. The Morgan fingerprint density at radius 3 is 3.05 bits per heavy atom. The van der Waals surface area contributed by atoms with Crippen LogP contribution in [-0.2, 0) is 6.54 Å². The van der Waals surface area contributed by atoms with Crippen LogP contribution < -0.4 is 5.32 Å². The van der Waals surface area contributed by atoms with E-state index < -0.39 is 0 Å². The molecule has 4 rings (SSSR count). The molecule has 0 atom stereocenters. The number of hydrogen-bond acceptors (Lipinski definition) is 6. The number of fused-ring (bicyclic) bond motifs is 1. The highest BCUT2D eigenvalue weighted by atomic mass is 35.5. The van der Waals surface area contributed by atoms with Crippen molar-refractivity contribution in [1.29, 1.82) is 0 Å². The van der Waals surface area contributed by atoms with E-state index in [1.807, 2.05) is 30.6 Å². The van der Waals surface area contributed by atoms with Crippen LogP contribution in [0.1, 0.15) is 11.5 Å². The Bertz CT molecular complexity index is 878. The highest BCUT2D eigenvalue weighted by Crippen LogP contribution is 2.29. The van der Waals surface area contributed by atoms with Crippen molar-refractivity contribution in [3.05, 3.63) is 46.8 Å². The minimum Gasteiger partial charge on any atom is -0.467 e. The molecule has 0 aliphatic heterocycles. The maximum atomic E-state index is 5.30. The summed E-state index contributed by atoms with van der Waals surface area (Å²) in [4.78, 5) is 10.2. The standard InChI is InChI=1S/C14H12N4OS2.ClH/c1-9-12(18-4-6-20-14(18)16-9)11-8-21-13(17-11)15-7-10-3-2-5-19-10;/h2-6,8H,7H2,1H3,(H,15,17);1H. The highest BCUT2D eigenvalue weighted by Gasteiger charge is 2.14. The van der Waals surface area contributed by atoms with Gasteiger partial charge in [-0.1, -0.05) is 0 Å². The predicted molar refractivity (Wildman–Crippen MR) is 92.2 cm³/mol.